The number of benzene rings is 1. The van der Waals surface area contributed by atoms with E-state index in [0.29, 0.717) is 6.54 Å². The first-order chi connectivity index (χ1) is 11.6. The van der Waals surface area contributed by atoms with Crippen LogP contribution in [0.5, 0.6) is 0 Å². The molecule has 2 N–H and O–H groups in total. The minimum atomic E-state index is -0.0279. The predicted molar refractivity (Wildman–Crippen MR) is 117 cm³/mol. The Morgan fingerprint density at radius 1 is 1.20 bits per heavy atom. The van der Waals surface area contributed by atoms with Crippen molar-refractivity contribution in [2.75, 3.05) is 0 Å². The number of hydrogen-bond donors (Lipinski definition) is 1. The standard InChI is InChI=1S/C11H13BrO.C6H8N2.CS2.CH4/c1-2-6-10(12)11(13)9-7-4-3-5-8-9;7-5-6-1-3-8-4-2-6;2-1-3;/h3-5,7-8,10H,2,6H2,1H3;1-4H,5,7H2;;1H4. The lowest BCUT2D eigenvalue weighted by molar-refractivity contribution is 0.0988. The molecule has 6 heteroatoms. The smallest absolute Gasteiger partial charge is 0.176 e. The number of alkyl halides is 1. The third-order valence-corrected chi connectivity index (χ3v) is 3.74. The molecule has 0 spiro atoms. The number of carbonyl (C=O) groups excluding carboxylic acids is 1. The van der Waals surface area contributed by atoms with Crippen molar-refractivity contribution in [1.82, 2.24) is 4.98 Å². The Bertz CT molecular complexity index is 603. The molecule has 0 bridgehead atoms. The fraction of sp³-hybridized carbons (Fsp3) is 0.316. The van der Waals surface area contributed by atoms with Crippen molar-refractivity contribution in [2.24, 2.45) is 5.73 Å². The molecule has 0 amide bonds. The number of halogens is 1. The third kappa shape index (κ3) is 12.7. The molecule has 0 fully saturated rings. The minimum absolute atomic E-state index is 0. The number of pyridine rings is 1. The van der Waals surface area contributed by atoms with Crippen LogP contribution in [0.2, 0.25) is 0 Å². The molecule has 0 aliphatic rings. The van der Waals surface area contributed by atoms with Gasteiger partial charge in [0.1, 0.15) is 0 Å². The van der Waals surface area contributed by atoms with Gasteiger partial charge in [-0.1, -0.05) is 67.0 Å². The molecule has 0 radical (unpaired) electrons. The minimum Gasteiger partial charge on any atom is -0.326 e. The lowest BCUT2D eigenvalue weighted by Gasteiger charge is -2.06. The second kappa shape index (κ2) is 17.5. The fourth-order valence-electron chi connectivity index (χ4n) is 1.69. The van der Waals surface area contributed by atoms with Gasteiger partial charge in [-0.2, -0.15) is 0 Å². The van der Waals surface area contributed by atoms with Gasteiger partial charge < -0.3 is 5.73 Å². The van der Waals surface area contributed by atoms with E-state index in [4.69, 9.17) is 5.73 Å². The quantitative estimate of drug-likeness (QED) is 0.370. The number of aromatic nitrogens is 1. The Kier molecular flexibility index (Phi) is 18.2. The van der Waals surface area contributed by atoms with E-state index in [0.717, 1.165) is 24.0 Å². The number of hydrogen-bond acceptors (Lipinski definition) is 5. The molecule has 1 atom stereocenters. The van der Waals surface area contributed by atoms with Crippen LogP contribution < -0.4 is 5.73 Å². The molecule has 1 unspecified atom stereocenters. The Balaban J connectivity index is 0. The summed E-state index contributed by atoms with van der Waals surface area (Å²) >= 11 is 11.3. The van der Waals surface area contributed by atoms with Gasteiger partial charge in [-0.25, -0.2) is 0 Å². The highest BCUT2D eigenvalue weighted by Gasteiger charge is 2.14. The highest BCUT2D eigenvalue weighted by Crippen LogP contribution is 2.14. The maximum absolute atomic E-state index is 11.7. The number of thiocarbonyl (C=S) groups is 2. The van der Waals surface area contributed by atoms with Crippen molar-refractivity contribution >= 4 is 50.5 Å². The van der Waals surface area contributed by atoms with Crippen molar-refractivity contribution in [3.05, 3.63) is 66.0 Å². The predicted octanol–water partition coefficient (Wildman–Crippen LogP) is 5.63. The number of rotatable bonds is 5. The first kappa shape index (κ1) is 25.9. The molecule has 1 aromatic carbocycles. The Morgan fingerprint density at radius 2 is 1.72 bits per heavy atom. The summed E-state index contributed by atoms with van der Waals surface area (Å²) in [4.78, 5) is 15.5. The monoisotopic (exact) mass is 440 g/mol. The molecule has 2 aromatic rings. The van der Waals surface area contributed by atoms with Gasteiger partial charge in [0.25, 0.3) is 0 Å². The van der Waals surface area contributed by atoms with Gasteiger partial charge >= 0.3 is 0 Å². The number of carbonyl (C=O) groups is 1. The Morgan fingerprint density at radius 3 is 2.12 bits per heavy atom. The molecule has 0 aliphatic carbocycles. The van der Waals surface area contributed by atoms with Gasteiger partial charge in [0, 0.05) is 28.8 Å². The second-order valence-corrected chi connectivity index (χ2v) is 6.40. The van der Waals surface area contributed by atoms with Crippen LogP contribution in [0.3, 0.4) is 0 Å². The lowest BCUT2D eigenvalue weighted by atomic mass is 10.1. The highest BCUT2D eigenvalue weighted by atomic mass is 79.9. The summed E-state index contributed by atoms with van der Waals surface area (Å²) in [7, 11) is 0. The number of ketones is 1. The van der Waals surface area contributed by atoms with Crippen LogP contribution in [0.25, 0.3) is 0 Å². The summed E-state index contributed by atoms with van der Waals surface area (Å²) in [5.74, 6) is 0.183. The van der Waals surface area contributed by atoms with E-state index in [1.165, 1.54) is 0 Å². The van der Waals surface area contributed by atoms with Gasteiger partial charge in [0.15, 0.2) is 5.78 Å². The first-order valence-corrected chi connectivity index (χ1v) is 9.15. The maximum Gasteiger partial charge on any atom is 0.176 e. The Labute approximate surface area is 170 Å². The number of nitrogens with two attached hydrogens (primary N) is 1. The number of Topliss-reactive ketones (excluding diaryl/α,β-unsaturated/α-hetero) is 1. The maximum atomic E-state index is 11.7. The zero-order chi connectivity index (χ0) is 18.2. The van der Waals surface area contributed by atoms with Crippen molar-refractivity contribution < 1.29 is 4.79 Å². The zero-order valence-corrected chi connectivity index (χ0v) is 16.7. The molecule has 25 heavy (non-hydrogen) atoms. The Hall–Kier alpha value is -1.30. The van der Waals surface area contributed by atoms with E-state index < -0.39 is 0 Å². The highest BCUT2D eigenvalue weighted by molar-refractivity contribution is 9.10. The van der Waals surface area contributed by atoms with Crippen molar-refractivity contribution in [1.29, 1.82) is 0 Å². The normalized spacial score (nSPS) is 9.72. The van der Waals surface area contributed by atoms with E-state index in [2.05, 4.69) is 52.3 Å². The van der Waals surface area contributed by atoms with Crippen LogP contribution in [0.1, 0.15) is 43.1 Å². The van der Waals surface area contributed by atoms with Gasteiger partial charge in [-0.3, -0.25) is 9.78 Å². The summed E-state index contributed by atoms with van der Waals surface area (Å²) in [6.45, 7) is 2.68. The van der Waals surface area contributed by atoms with Crippen LogP contribution in [0.15, 0.2) is 54.9 Å². The van der Waals surface area contributed by atoms with Gasteiger partial charge in [-0.15, -0.1) is 0 Å². The van der Waals surface area contributed by atoms with Gasteiger partial charge in [0.05, 0.1) is 4.83 Å². The van der Waals surface area contributed by atoms with Crippen LogP contribution >= 0.6 is 40.4 Å². The number of nitrogens with zero attached hydrogens (tertiary/aromatic N) is 1. The van der Waals surface area contributed by atoms with Gasteiger partial charge in [0.2, 0.25) is 0 Å². The molecule has 0 aliphatic heterocycles. The van der Waals surface area contributed by atoms with Crippen LogP contribution in [0, 0.1) is 0 Å². The van der Waals surface area contributed by atoms with Crippen molar-refractivity contribution in [3.8, 4) is 0 Å². The average molecular weight is 441 g/mol. The molecule has 3 nitrogen and oxygen atoms in total. The summed E-state index contributed by atoms with van der Waals surface area (Å²) < 4.78 is 1.92. The molecule has 0 saturated heterocycles. The van der Waals surface area contributed by atoms with Crippen LogP contribution in [-0.2, 0) is 6.54 Å². The molecule has 1 heterocycles. The first-order valence-electron chi connectivity index (χ1n) is 7.42. The van der Waals surface area contributed by atoms with E-state index in [1.807, 2.05) is 46.8 Å². The molecular formula is C19H25BrN2OS2. The molecule has 0 saturated carbocycles. The van der Waals surface area contributed by atoms with Crippen LogP contribution in [0.4, 0.5) is 0 Å². The summed E-state index contributed by atoms with van der Waals surface area (Å²) in [5.41, 5.74) is 7.24. The summed E-state index contributed by atoms with van der Waals surface area (Å²) in [6.07, 6.45) is 5.40. The summed E-state index contributed by atoms with van der Waals surface area (Å²) in [5, 5.41) is 0. The van der Waals surface area contributed by atoms with E-state index >= 15 is 0 Å². The molecular weight excluding hydrogens is 416 g/mol. The largest absolute Gasteiger partial charge is 0.326 e. The van der Waals surface area contributed by atoms with Crippen molar-refractivity contribution in [3.63, 3.8) is 0 Å². The lowest BCUT2D eigenvalue weighted by Crippen LogP contribution is -2.13. The van der Waals surface area contributed by atoms with Crippen LogP contribution in [-0.4, -0.2) is 19.9 Å². The topological polar surface area (TPSA) is 56.0 Å². The second-order valence-electron chi connectivity index (χ2n) is 4.63. The summed E-state index contributed by atoms with van der Waals surface area (Å²) in [6, 6.07) is 13.2. The average Bonchev–Trinajstić information content (AvgIpc) is 2.64. The van der Waals surface area contributed by atoms with E-state index in [9.17, 15) is 4.79 Å². The van der Waals surface area contributed by atoms with E-state index in [1.54, 1.807) is 12.4 Å². The van der Waals surface area contributed by atoms with Crippen molar-refractivity contribution in [2.45, 2.75) is 38.6 Å². The van der Waals surface area contributed by atoms with E-state index in [-0.39, 0.29) is 18.0 Å². The molecule has 2 rings (SSSR count). The fourth-order valence-corrected chi connectivity index (χ4v) is 2.41. The van der Waals surface area contributed by atoms with Gasteiger partial charge in [-0.05, 0) is 48.6 Å². The molecule has 136 valence electrons. The third-order valence-electron chi connectivity index (χ3n) is 2.87. The zero-order valence-electron chi connectivity index (χ0n) is 13.5. The SMILES string of the molecule is C.CCCC(Br)C(=O)c1ccccc1.NCc1ccncc1.S=C=S. The molecule has 1 aromatic heterocycles.